The number of aromatic nitrogens is 1. The molecule has 0 fully saturated rings. The molecule has 1 aromatic heterocycles. The molecular weight excluding hydrogens is 845 g/mol. The van der Waals surface area contributed by atoms with Crippen molar-refractivity contribution in [2.24, 2.45) is 22.2 Å². The van der Waals surface area contributed by atoms with Crippen molar-refractivity contribution >= 4 is 33.2 Å². The fourth-order valence-electron chi connectivity index (χ4n) is 10.5. The zero-order valence-corrected chi connectivity index (χ0v) is 42.9. The molecule has 2 heteroatoms. The number of anilines is 2. The molecule has 1 aliphatic carbocycles. The number of fused-ring (bicyclic) bond motifs is 3. The number of hydrogen-bond donors (Lipinski definition) is 0. The first-order valence-corrected chi connectivity index (χ1v) is 25.2. The van der Waals surface area contributed by atoms with Gasteiger partial charge in [0.2, 0.25) is 0 Å². The highest BCUT2D eigenvalue weighted by atomic mass is 15.2. The Hall–Kier alpha value is -7.16. The molecule has 2 unspecified atom stereocenters. The van der Waals surface area contributed by atoms with Gasteiger partial charge in [0, 0.05) is 39.4 Å². The van der Waals surface area contributed by atoms with Crippen molar-refractivity contribution in [1.29, 1.82) is 0 Å². The number of aryl methyl sites for hydroxylation is 1. The third-order valence-electron chi connectivity index (χ3n) is 14.5. The maximum Gasteiger partial charge on any atom is 0.0541 e. The molecule has 0 radical (unpaired) electrons. The van der Waals surface area contributed by atoms with Crippen molar-refractivity contribution in [3.63, 3.8) is 0 Å². The minimum absolute atomic E-state index is 0.104. The summed E-state index contributed by atoms with van der Waals surface area (Å²) in [6, 6.07) is 61.0. The molecule has 2 nitrogen and oxygen atoms in total. The summed E-state index contributed by atoms with van der Waals surface area (Å²) in [6.45, 7) is 29.7. The van der Waals surface area contributed by atoms with E-state index in [0.717, 1.165) is 41.2 Å². The summed E-state index contributed by atoms with van der Waals surface area (Å²) in [6.07, 6.45) is 14.9. The van der Waals surface area contributed by atoms with Crippen molar-refractivity contribution in [3.05, 3.63) is 236 Å². The standard InChI is InChI=1S/C68H70N2/c1-12-18-63(56-22-17-16-19-48(3)68(10,11)45-56)69(57-37-29-50(30-38-57)49-20-14-13-15-21-49)58-39-31-52(32-40-58)55-34-42-65-61(44-55)60-43-54(33-41-64(60)70(65)59-35-23-47(2)24-36-59)51-25-27-53(28-26-51)62(67(7,8)9)46-66(4,5)6/h12-44,56,62H,1,3,45-46H2,2,4-11H3/b19-16-,22-17-,63-18?. The minimum Gasteiger partial charge on any atom is -0.314 e. The van der Waals surface area contributed by atoms with Crippen LogP contribution < -0.4 is 4.90 Å². The van der Waals surface area contributed by atoms with Crippen LogP contribution in [0.2, 0.25) is 0 Å². The average Bonchev–Trinajstić information content (AvgIpc) is 3.67. The van der Waals surface area contributed by atoms with E-state index < -0.39 is 0 Å². The summed E-state index contributed by atoms with van der Waals surface area (Å²) in [5.74, 6) is 0.576. The van der Waals surface area contributed by atoms with Crippen LogP contribution in [-0.2, 0) is 0 Å². The van der Waals surface area contributed by atoms with Crippen LogP contribution in [0.5, 0.6) is 0 Å². The number of allylic oxidation sites excluding steroid dienone is 7. The van der Waals surface area contributed by atoms with Gasteiger partial charge in [-0.3, -0.25) is 0 Å². The maximum atomic E-state index is 4.47. The first kappa shape index (κ1) is 47.9. The van der Waals surface area contributed by atoms with Gasteiger partial charge in [-0.2, -0.15) is 0 Å². The predicted octanol–water partition coefficient (Wildman–Crippen LogP) is 19.6. The Labute approximate surface area is 418 Å². The van der Waals surface area contributed by atoms with Crippen LogP contribution in [0.15, 0.2) is 225 Å². The molecule has 8 aromatic rings. The Morgan fingerprint density at radius 3 is 1.66 bits per heavy atom. The highest BCUT2D eigenvalue weighted by molar-refractivity contribution is 6.11. The van der Waals surface area contributed by atoms with Crippen molar-refractivity contribution in [2.75, 3.05) is 4.90 Å². The van der Waals surface area contributed by atoms with Crippen LogP contribution in [-0.4, -0.2) is 4.57 Å². The zero-order valence-electron chi connectivity index (χ0n) is 42.9. The van der Waals surface area contributed by atoms with E-state index in [2.05, 4.69) is 279 Å². The second-order valence-corrected chi connectivity index (χ2v) is 22.5. The zero-order chi connectivity index (χ0) is 49.4. The topological polar surface area (TPSA) is 8.17 Å². The Kier molecular flexibility index (Phi) is 13.2. The lowest BCUT2D eigenvalue weighted by Crippen LogP contribution is -2.27. The molecular formula is C68H70N2. The Bertz CT molecular complexity index is 3250. The summed E-state index contributed by atoms with van der Waals surface area (Å²) < 4.78 is 2.43. The summed E-state index contributed by atoms with van der Waals surface area (Å²) in [7, 11) is 0. The molecule has 0 spiro atoms. The second kappa shape index (κ2) is 19.3. The van der Waals surface area contributed by atoms with Crippen molar-refractivity contribution < 1.29 is 0 Å². The third-order valence-corrected chi connectivity index (χ3v) is 14.5. The maximum absolute atomic E-state index is 4.47. The molecule has 9 rings (SSSR count). The van der Waals surface area contributed by atoms with Crippen LogP contribution in [0.3, 0.4) is 0 Å². The van der Waals surface area contributed by atoms with Gasteiger partial charge in [0.1, 0.15) is 0 Å². The SMILES string of the molecule is C=CC=C(C1/C=C\C=C/C(=C)C(C)(C)C1)N(c1ccc(-c2ccccc2)cc1)c1ccc(-c2ccc3c(c2)c2cc(-c4ccc(C(CC(C)(C)C)C(C)(C)C)cc4)ccc2n3-c2ccc(C)cc2)cc1. The molecule has 70 heavy (non-hydrogen) atoms. The molecule has 1 aliphatic rings. The van der Waals surface area contributed by atoms with Gasteiger partial charge in [0.05, 0.1) is 11.0 Å². The largest absolute Gasteiger partial charge is 0.314 e. The smallest absolute Gasteiger partial charge is 0.0541 e. The van der Waals surface area contributed by atoms with E-state index in [1.54, 1.807) is 0 Å². The molecule has 7 aromatic carbocycles. The molecule has 0 saturated heterocycles. The van der Waals surface area contributed by atoms with Crippen molar-refractivity contribution in [2.45, 2.75) is 81.1 Å². The summed E-state index contributed by atoms with van der Waals surface area (Å²) in [4.78, 5) is 2.42. The highest BCUT2D eigenvalue weighted by Gasteiger charge is 2.32. The van der Waals surface area contributed by atoms with Gasteiger partial charge in [-0.1, -0.05) is 208 Å². The molecule has 352 valence electrons. The van der Waals surface area contributed by atoms with Gasteiger partial charge in [-0.05, 0) is 153 Å². The van der Waals surface area contributed by atoms with Gasteiger partial charge in [0.15, 0.2) is 0 Å². The summed E-state index contributed by atoms with van der Waals surface area (Å²) >= 11 is 0. The molecule has 2 atom stereocenters. The Morgan fingerprint density at radius 1 is 0.643 bits per heavy atom. The molecule has 0 N–H and O–H groups in total. The van der Waals surface area contributed by atoms with Crippen molar-refractivity contribution in [1.82, 2.24) is 4.57 Å². The normalized spacial score (nSPS) is 16.7. The van der Waals surface area contributed by atoms with Gasteiger partial charge in [0.25, 0.3) is 0 Å². The average molecular weight is 915 g/mol. The molecule has 0 saturated carbocycles. The first-order valence-electron chi connectivity index (χ1n) is 25.2. The van der Waals surface area contributed by atoms with E-state index in [4.69, 9.17) is 0 Å². The molecule has 1 heterocycles. The lowest BCUT2D eigenvalue weighted by atomic mass is 9.69. The summed E-state index contributed by atoms with van der Waals surface area (Å²) in [5.41, 5.74) is 18.2. The fraction of sp³-hybridized carbons (Fsp3) is 0.235. The number of rotatable bonds is 11. The second-order valence-electron chi connectivity index (χ2n) is 22.5. The number of nitrogens with zero attached hydrogens (tertiary/aromatic N) is 2. The van der Waals surface area contributed by atoms with Crippen LogP contribution in [0.25, 0.3) is 60.9 Å². The van der Waals surface area contributed by atoms with E-state index in [-0.39, 0.29) is 22.2 Å². The highest BCUT2D eigenvalue weighted by Crippen LogP contribution is 2.46. The molecule has 0 bridgehead atoms. The van der Waals surface area contributed by atoms with E-state index in [9.17, 15) is 0 Å². The van der Waals surface area contributed by atoms with Crippen LogP contribution in [0, 0.1) is 29.1 Å². The Balaban J connectivity index is 1.13. The van der Waals surface area contributed by atoms with Crippen LogP contribution >= 0.6 is 0 Å². The lowest BCUT2D eigenvalue weighted by molar-refractivity contribution is 0.229. The van der Waals surface area contributed by atoms with Gasteiger partial charge in [-0.15, -0.1) is 0 Å². The van der Waals surface area contributed by atoms with E-state index in [1.807, 2.05) is 6.08 Å². The van der Waals surface area contributed by atoms with E-state index in [1.165, 1.54) is 66.3 Å². The quantitative estimate of drug-likeness (QED) is 0.117. The molecule has 0 aliphatic heterocycles. The van der Waals surface area contributed by atoms with Crippen LogP contribution in [0.4, 0.5) is 11.4 Å². The number of benzene rings is 7. The van der Waals surface area contributed by atoms with Crippen molar-refractivity contribution in [3.8, 4) is 39.1 Å². The van der Waals surface area contributed by atoms with Gasteiger partial charge >= 0.3 is 0 Å². The summed E-state index contributed by atoms with van der Waals surface area (Å²) in [5, 5.41) is 2.48. The third kappa shape index (κ3) is 10.1. The minimum atomic E-state index is -0.104. The van der Waals surface area contributed by atoms with Crippen LogP contribution in [0.1, 0.15) is 85.3 Å². The Morgan fingerprint density at radius 2 is 1.14 bits per heavy atom. The van der Waals surface area contributed by atoms with E-state index >= 15 is 0 Å². The fourth-order valence-corrected chi connectivity index (χ4v) is 10.5. The predicted molar refractivity (Wildman–Crippen MR) is 304 cm³/mol. The molecule has 0 amide bonds. The number of hydrogen-bond acceptors (Lipinski definition) is 1. The monoisotopic (exact) mass is 915 g/mol. The lowest BCUT2D eigenvalue weighted by Gasteiger charge is -2.36. The van der Waals surface area contributed by atoms with E-state index in [0.29, 0.717) is 5.92 Å². The first-order chi connectivity index (χ1) is 33.5. The van der Waals surface area contributed by atoms with Gasteiger partial charge < -0.3 is 9.47 Å². The van der Waals surface area contributed by atoms with Gasteiger partial charge in [-0.25, -0.2) is 0 Å².